The Morgan fingerprint density at radius 2 is 1.68 bits per heavy atom. The summed E-state index contributed by atoms with van der Waals surface area (Å²) in [6, 6.07) is 3.40. The van der Waals surface area contributed by atoms with Crippen LogP contribution in [0.15, 0.2) is 18.2 Å². The number of halogens is 3. The molecule has 1 aromatic carbocycles. The minimum absolute atomic E-state index is 0.168. The number of nitrogens with one attached hydrogen (secondary N) is 1. The molecule has 0 aliphatic carbocycles. The third-order valence-corrected chi connectivity index (χ3v) is 2.47. The number of anilines is 1. The Hall–Kier alpha value is -2.11. The molecule has 0 saturated heterocycles. The molecule has 0 fully saturated rings. The lowest BCUT2D eigenvalue weighted by atomic mass is 10.1. The van der Waals surface area contributed by atoms with Gasteiger partial charge in [0.2, 0.25) is 5.95 Å². The largest absolute Gasteiger partial charge is 0.354 e. The van der Waals surface area contributed by atoms with E-state index in [1.807, 2.05) is 6.92 Å². The summed E-state index contributed by atoms with van der Waals surface area (Å²) < 4.78 is 39.3. The number of nitrogens with zero attached hydrogens (tertiary/aromatic N) is 2. The molecule has 1 N–H and O–H groups in total. The number of hydrogen-bond acceptors (Lipinski definition) is 3. The standard InChI is InChI=1S/C13H12F3N3/c1-3-17-13-18-7(2)4-11(19-13)8-5-9(14)12(16)10(15)6-8/h4-6H,3H2,1-2H3,(H,17,18,19). The molecule has 0 aliphatic rings. The summed E-state index contributed by atoms with van der Waals surface area (Å²) in [5.74, 6) is -3.60. The van der Waals surface area contributed by atoms with Gasteiger partial charge in [0.15, 0.2) is 17.5 Å². The van der Waals surface area contributed by atoms with Crippen LogP contribution in [0.25, 0.3) is 11.3 Å². The van der Waals surface area contributed by atoms with Gasteiger partial charge in [-0.25, -0.2) is 23.1 Å². The van der Waals surface area contributed by atoms with Gasteiger partial charge in [0.25, 0.3) is 0 Å². The highest BCUT2D eigenvalue weighted by molar-refractivity contribution is 5.61. The molecule has 0 bridgehead atoms. The SMILES string of the molecule is CCNc1nc(C)cc(-c2cc(F)c(F)c(F)c2)n1. The Labute approximate surface area is 108 Å². The van der Waals surface area contributed by atoms with E-state index in [1.165, 1.54) is 0 Å². The van der Waals surface area contributed by atoms with Gasteiger partial charge in [-0.3, -0.25) is 0 Å². The maximum absolute atomic E-state index is 13.2. The highest BCUT2D eigenvalue weighted by Crippen LogP contribution is 2.23. The van der Waals surface area contributed by atoms with Crippen LogP contribution in [0.4, 0.5) is 19.1 Å². The summed E-state index contributed by atoms with van der Waals surface area (Å²) in [5, 5.41) is 2.92. The molecule has 3 nitrogen and oxygen atoms in total. The van der Waals surface area contributed by atoms with Crippen LogP contribution >= 0.6 is 0 Å². The van der Waals surface area contributed by atoms with Crippen molar-refractivity contribution >= 4 is 5.95 Å². The van der Waals surface area contributed by atoms with E-state index in [4.69, 9.17) is 0 Å². The van der Waals surface area contributed by atoms with Crippen LogP contribution in [0.5, 0.6) is 0 Å². The maximum atomic E-state index is 13.2. The van der Waals surface area contributed by atoms with Gasteiger partial charge < -0.3 is 5.32 Å². The summed E-state index contributed by atoms with van der Waals surface area (Å²) in [6.45, 7) is 4.24. The number of benzene rings is 1. The van der Waals surface area contributed by atoms with Crippen LogP contribution in [-0.2, 0) is 0 Å². The molecule has 0 atom stereocenters. The first-order valence-corrected chi connectivity index (χ1v) is 5.75. The van der Waals surface area contributed by atoms with Gasteiger partial charge in [-0.1, -0.05) is 0 Å². The summed E-state index contributed by atoms with van der Waals surface area (Å²) in [4.78, 5) is 8.26. The lowest BCUT2D eigenvalue weighted by molar-refractivity contribution is 0.447. The van der Waals surface area contributed by atoms with Gasteiger partial charge >= 0.3 is 0 Å². The number of aryl methyl sites for hydroxylation is 1. The minimum Gasteiger partial charge on any atom is -0.354 e. The second kappa shape index (κ2) is 5.26. The Morgan fingerprint density at radius 1 is 1.05 bits per heavy atom. The Balaban J connectivity index is 2.52. The molecule has 2 aromatic rings. The van der Waals surface area contributed by atoms with Crippen molar-refractivity contribution in [1.82, 2.24) is 9.97 Å². The molecule has 1 aromatic heterocycles. The lowest BCUT2D eigenvalue weighted by Crippen LogP contribution is -2.04. The quantitative estimate of drug-likeness (QED) is 0.867. The molecule has 6 heteroatoms. The van der Waals surface area contributed by atoms with Crippen LogP contribution in [0.3, 0.4) is 0 Å². The van der Waals surface area contributed by atoms with Gasteiger partial charge in [-0.05, 0) is 32.0 Å². The Kier molecular flexibility index (Phi) is 3.69. The molecule has 2 rings (SSSR count). The van der Waals surface area contributed by atoms with Gasteiger partial charge in [0.05, 0.1) is 5.69 Å². The van der Waals surface area contributed by atoms with E-state index < -0.39 is 17.5 Å². The van der Waals surface area contributed by atoms with Crippen LogP contribution in [-0.4, -0.2) is 16.5 Å². The minimum atomic E-state index is -1.48. The van der Waals surface area contributed by atoms with E-state index in [0.29, 0.717) is 23.9 Å². The molecule has 100 valence electrons. The van der Waals surface area contributed by atoms with Crippen molar-refractivity contribution in [2.75, 3.05) is 11.9 Å². The highest BCUT2D eigenvalue weighted by Gasteiger charge is 2.13. The predicted molar refractivity (Wildman–Crippen MR) is 66.2 cm³/mol. The topological polar surface area (TPSA) is 37.8 Å². The molecule has 0 amide bonds. The van der Waals surface area contributed by atoms with Gasteiger partial charge in [-0.15, -0.1) is 0 Å². The average Bonchev–Trinajstić information content (AvgIpc) is 2.35. The normalized spacial score (nSPS) is 10.6. The molecule has 0 aliphatic heterocycles. The Bertz CT molecular complexity index is 591. The first-order chi connectivity index (χ1) is 9.01. The molecular weight excluding hydrogens is 255 g/mol. The fraction of sp³-hybridized carbons (Fsp3) is 0.231. The predicted octanol–water partition coefficient (Wildman–Crippen LogP) is 3.30. The van der Waals surface area contributed by atoms with Crippen LogP contribution in [0.2, 0.25) is 0 Å². The van der Waals surface area contributed by atoms with Crippen molar-refractivity contribution < 1.29 is 13.2 Å². The van der Waals surface area contributed by atoms with E-state index in [2.05, 4.69) is 15.3 Å². The van der Waals surface area contributed by atoms with Crippen molar-refractivity contribution in [3.05, 3.63) is 41.3 Å². The third kappa shape index (κ3) is 2.83. The van der Waals surface area contributed by atoms with Crippen molar-refractivity contribution in [3.63, 3.8) is 0 Å². The fourth-order valence-corrected chi connectivity index (χ4v) is 1.66. The molecule has 0 unspecified atom stereocenters. The lowest BCUT2D eigenvalue weighted by Gasteiger charge is -2.07. The summed E-state index contributed by atoms with van der Waals surface area (Å²) >= 11 is 0. The van der Waals surface area contributed by atoms with E-state index in [1.54, 1.807) is 13.0 Å². The Morgan fingerprint density at radius 3 is 2.26 bits per heavy atom. The van der Waals surface area contributed by atoms with Crippen LogP contribution in [0.1, 0.15) is 12.6 Å². The average molecular weight is 267 g/mol. The van der Waals surface area contributed by atoms with Gasteiger partial charge in [0.1, 0.15) is 0 Å². The zero-order valence-electron chi connectivity index (χ0n) is 10.5. The van der Waals surface area contributed by atoms with Crippen LogP contribution < -0.4 is 5.32 Å². The molecule has 0 radical (unpaired) electrons. The van der Waals surface area contributed by atoms with E-state index in [9.17, 15) is 13.2 Å². The summed E-state index contributed by atoms with van der Waals surface area (Å²) in [6.07, 6.45) is 0. The highest BCUT2D eigenvalue weighted by atomic mass is 19.2. The molecule has 0 saturated carbocycles. The van der Waals surface area contributed by atoms with E-state index in [-0.39, 0.29) is 5.56 Å². The molecule has 19 heavy (non-hydrogen) atoms. The maximum Gasteiger partial charge on any atom is 0.223 e. The summed E-state index contributed by atoms with van der Waals surface area (Å²) in [5.41, 5.74) is 1.15. The second-order valence-electron chi connectivity index (χ2n) is 4.00. The van der Waals surface area contributed by atoms with E-state index in [0.717, 1.165) is 12.1 Å². The number of hydrogen-bond donors (Lipinski definition) is 1. The first kappa shape index (κ1) is 13.3. The van der Waals surface area contributed by atoms with Crippen molar-refractivity contribution in [2.45, 2.75) is 13.8 Å². The van der Waals surface area contributed by atoms with E-state index >= 15 is 0 Å². The summed E-state index contributed by atoms with van der Waals surface area (Å²) in [7, 11) is 0. The molecule has 0 spiro atoms. The zero-order chi connectivity index (χ0) is 14.0. The third-order valence-electron chi connectivity index (χ3n) is 2.47. The van der Waals surface area contributed by atoms with Crippen molar-refractivity contribution in [2.24, 2.45) is 0 Å². The second-order valence-corrected chi connectivity index (χ2v) is 4.00. The zero-order valence-corrected chi connectivity index (χ0v) is 10.5. The molecule has 1 heterocycles. The van der Waals surface area contributed by atoms with Gasteiger partial charge in [0, 0.05) is 17.8 Å². The van der Waals surface area contributed by atoms with Crippen molar-refractivity contribution in [3.8, 4) is 11.3 Å². The van der Waals surface area contributed by atoms with Crippen molar-refractivity contribution in [1.29, 1.82) is 0 Å². The molecular formula is C13H12F3N3. The van der Waals surface area contributed by atoms with Crippen LogP contribution in [0, 0.1) is 24.4 Å². The first-order valence-electron chi connectivity index (χ1n) is 5.75. The smallest absolute Gasteiger partial charge is 0.223 e. The number of aromatic nitrogens is 2. The fourth-order valence-electron chi connectivity index (χ4n) is 1.66. The monoisotopic (exact) mass is 267 g/mol. The van der Waals surface area contributed by atoms with Gasteiger partial charge in [-0.2, -0.15) is 0 Å². The number of rotatable bonds is 3.